The van der Waals surface area contributed by atoms with Gasteiger partial charge >= 0.3 is 0 Å². The third kappa shape index (κ3) is 4.38. The Kier molecular flexibility index (Phi) is 4.99. The third-order valence-corrected chi connectivity index (χ3v) is 3.67. The summed E-state index contributed by atoms with van der Waals surface area (Å²) in [6, 6.07) is 19.0. The summed E-state index contributed by atoms with van der Waals surface area (Å²) < 4.78 is 0. The molecule has 1 aromatic heterocycles. The van der Waals surface area contributed by atoms with Gasteiger partial charge in [-0.1, -0.05) is 42.5 Å². The van der Waals surface area contributed by atoms with E-state index in [4.69, 9.17) is 0 Å². The second-order valence-electron chi connectivity index (χ2n) is 5.78. The summed E-state index contributed by atoms with van der Waals surface area (Å²) in [6.07, 6.45) is 0. The standard InChI is InChI=1S/C19H19N5O/c1-24(2)16-10-8-14(9-11-16)13-20-23-19-21-17(12-18(25)22-19)15-6-4-3-5-7-15/h3-12H,13H2,1-2H3,(H,21,22,25). The van der Waals surface area contributed by atoms with Gasteiger partial charge in [-0.15, -0.1) is 5.11 Å². The highest BCUT2D eigenvalue weighted by Gasteiger charge is 2.03. The van der Waals surface area contributed by atoms with E-state index < -0.39 is 0 Å². The number of rotatable bonds is 5. The van der Waals surface area contributed by atoms with Crippen molar-refractivity contribution < 1.29 is 0 Å². The van der Waals surface area contributed by atoms with Crippen molar-refractivity contribution in [3.63, 3.8) is 0 Å². The van der Waals surface area contributed by atoms with Crippen LogP contribution < -0.4 is 10.5 Å². The fourth-order valence-electron chi connectivity index (χ4n) is 2.33. The van der Waals surface area contributed by atoms with Crippen molar-refractivity contribution in [3.8, 4) is 11.3 Å². The Morgan fingerprint density at radius 3 is 2.44 bits per heavy atom. The predicted molar refractivity (Wildman–Crippen MR) is 99.3 cm³/mol. The average molecular weight is 333 g/mol. The average Bonchev–Trinajstić information content (AvgIpc) is 2.62. The summed E-state index contributed by atoms with van der Waals surface area (Å²) in [6.45, 7) is 0.424. The number of azo groups is 1. The maximum atomic E-state index is 11.8. The largest absolute Gasteiger partial charge is 0.378 e. The summed E-state index contributed by atoms with van der Waals surface area (Å²) in [4.78, 5) is 20.8. The molecule has 0 bridgehead atoms. The number of hydrogen-bond acceptors (Lipinski definition) is 5. The van der Waals surface area contributed by atoms with E-state index in [0.29, 0.717) is 12.2 Å². The van der Waals surface area contributed by atoms with Crippen LogP contribution >= 0.6 is 0 Å². The third-order valence-electron chi connectivity index (χ3n) is 3.67. The molecule has 2 aromatic carbocycles. The van der Waals surface area contributed by atoms with E-state index in [-0.39, 0.29) is 11.5 Å². The highest BCUT2D eigenvalue weighted by atomic mass is 16.1. The molecule has 0 saturated heterocycles. The van der Waals surface area contributed by atoms with Crippen molar-refractivity contribution in [2.45, 2.75) is 6.54 Å². The lowest BCUT2D eigenvalue weighted by Gasteiger charge is -2.11. The predicted octanol–water partition coefficient (Wildman–Crippen LogP) is 3.79. The van der Waals surface area contributed by atoms with E-state index in [1.54, 1.807) is 0 Å². The van der Waals surface area contributed by atoms with Crippen molar-refractivity contribution in [1.82, 2.24) is 9.97 Å². The van der Waals surface area contributed by atoms with E-state index in [9.17, 15) is 4.79 Å². The summed E-state index contributed by atoms with van der Waals surface area (Å²) in [7, 11) is 3.99. The Labute approximate surface area is 145 Å². The molecule has 0 radical (unpaired) electrons. The van der Waals surface area contributed by atoms with Gasteiger partial charge in [0.25, 0.3) is 5.56 Å². The van der Waals surface area contributed by atoms with Gasteiger partial charge in [-0.3, -0.25) is 9.78 Å². The number of hydrogen-bond donors (Lipinski definition) is 1. The Hall–Kier alpha value is -3.28. The molecule has 3 aromatic rings. The summed E-state index contributed by atoms with van der Waals surface area (Å²) in [5.74, 6) is 0.205. The van der Waals surface area contributed by atoms with Crippen molar-refractivity contribution in [3.05, 3.63) is 76.6 Å². The minimum atomic E-state index is -0.252. The molecular weight excluding hydrogens is 314 g/mol. The molecule has 0 aliphatic rings. The smallest absolute Gasteiger partial charge is 0.252 e. The van der Waals surface area contributed by atoms with Gasteiger partial charge in [-0.05, 0) is 17.7 Å². The molecular formula is C19H19N5O. The minimum absolute atomic E-state index is 0.205. The first-order valence-corrected chi connectivity index (χ1v) is 7.92. The molecule has 0 amide bonds. The first-order chi connectivity index (χ1) is 12.1. The number of nitrogens with one attached hydrogen (secondary N) is 1. The van der Waals surface area contributed by atoms with Crippen LogP contribution in [0.5, 0.6) is 0 Å². The molecule has 0 aliphatic carbocycles. The van der Waals surface area contributed by atoms with E-state index in [0.717, 1.165) is 16.8 Å². The fourth-order valence-corrected chi connectivity index (χ4v) is 2.33. The first kappa shape index (κ1) is 16.6. The normalized spacial score (nSPS) is 11.0. The molecule has 1 N–H and O–H groups in total. The fraction of sp³-hybridized carbons (Fsp3) is 0.158. The monoisotopic (exact) mass is 333 g/mol. The topological polar surface area (TPSA) is 73.7 Å². The highest BCUT2D eigenvalue weighted by molar-refractivity contribution is 5.59. The SMILES string of the molecule is CN(C)c1ccc(CN=Nc2nc(-c3ccccc3)cc(=O)[nH]2)cc1. The Balaban J connectivity index is 1.75. The molecule has 0 aliphatic heterocycles. The molecule has 0 unspecified atom stereocenters. The molecule has 1 heterocycles. The van der Waals surface area contributed by atoms with Gasteiger partial charge in [-0.2, -0.15) is 5.11 Å². The first-order valence-electron chi connectivity index (χ1n) is 7.92. The molecule has 0 fully saturated rings. The van der Waals surface area contributed by atoms with Crippen LogP contribution in [0.4, 0.5) is 11.6 Å². The lowest BCUT2D eigenvalue weighted by molar-refractivity contribution is 0.921. The summed E-state index contributed by atoms with van der Waals surface area (Å²) in [5.41, 5.74) is 3.36. The summed E-state index contributed by atoms with van der Waals surface area (Å²) >= 11 is 0. The molecule has 126 valence electrons. The van der Waals surface area contributed by atoms with Crippen LogP contribution in [0.15, 0.2) is 75.7 Å². The van der Waals surface area contributed by atoms with E-state index in [1.165, 1.54) is 6.07 Å². The van der Waals surface area contributed by atoms with Crippen LogP contribution in [-0.4, -0.2) is 24.1 Å². The van der Waals surface area contributed by atoms with Crippen LogP contribution in [0.2, 0.25) is 0 Å². The van der Waals surface area contributed by atoms with E-state index >= 15 is 0 Å². The number of aromatic amines is 1. The molecule has 0 atom stereocenters. The molecule has 6 nitrogen and oxygen atoms in total. The van der Waals surface area contributed by atoms with Gasteiger partial charge in [0.05, 0.1) is 12.2 Å². The van der Waals surface area contributed by atoms with Gasteiger partial charge in [0.15, 0.2) is 0 Å². The molecule has 6 heteroatoms. The summed E-state index contributed by atoms with van der Waals surface area (Å²) in [5, 5.41) is 8.19. The quantitative estimate of drug-likeness (QED) is 0.722. The zero-order valence-electron chi connectivity index (χ0n) is 14.2. The number of benzene rings is 2. The molecule has 25 heavy (non-hydrogen) atoms. The van der Waals surface area contributed by atoms with Crippen molar-refractivity contribution in [1.29, 1.82) is 0 Å². The van der Waals surface area contributed by atoms with Crippen molar-refractivity contribution in [2.24, 2.45) is 10.2 Å². The second-order valence-corrected chi connectivity index (χ2v) is 5.78. The van der Waals surface area contributed by atoms with Crippen molar-refractivity contribution in [2.75, 3.05) is 19.0 Å². The zero-order chi connectivity index (χ0) is 17.6. The number of nitrogens with zero attached hydrogens (tertiary/aromatic N) is 4. The van der Waals surface area contributed by atoms with Crippen LogP contribution in [-0.2, 0) is 6.54 Å². The Bertz CT molecular complexity index is 915. The van der Waals surface area contributed by atoms with Crippen LogP contribution in [0.3, 0.4) is 0 Å². The Morgan fingerprint density at radius 1 is 1.04 bits per heavy atom. The van der Waals surface area contributed by atoms with Crippen LogP contribution in [0.1, 0.15) is 5.56 Å². The van der Waals surface area contributed by atoms with Crippen molar-refractivity contribution >= 4 is 11.6 Å². The van der Waals surface area contributed by atoms with Gasteiger partial charge < -0.3 is 4.90 Å². The number of aromatic nitrogens is 2. The number of H-pyrrole nitrogens is 1. The lowest BCUT2D eigenvalue weighted by Crippen LogP contribution is -2.08. The maximum Gasteiger partial charge on any atom is 0.252 e. The highest BCUT2D eigenvalue weighted by Crippen LogP contribution is 2.17. The maximum absolute atomic E-state index is 11.8. The van der Waals surface area contributed by atoms with Gasteiger partial charge in [0.1, 0.15) is 0 Å². The number of anilines is 1. The van der Waals surface area contributed by atoms with E-state index in [1.807, 2.05) is 73.6 Å². The molecule has 0 saturated carbocycles. The van der Waals surface area contributed by atoms with Gasteiger partial charge in [0, 0.05) is 31.4 Å². The molecule has 0 spiro atoms. The lowest BCUT2D eigenvalue weighted by atomic mass is 10.1. The van der Waals surface area contributed by atoms with Crippen LogP contribution in [0, 0.1) is 0 Å². The zero-order valence-corrected chi connectivity index (χ0v) is 14.2. The van der Waals surface area contributed by atoms with E-state index in [2.05, 4.69) is 20.2 Å². The minimum Gasteiger partial charge on any atom is -0.378 e. The van der Waals surface area contributed by atoms with Gasteiger partial charge in [-0.25, -0.2) is 4.98 Å². The second kappa shape index (κ2) is 7.53. The van der Waals surface area contributed by atoms with Gasteiger partial charge in [0.2, 0.25) is 5.95 Å². The molecule has 3 rings (SSSR count). The van der Waals surface area contributed by atoms with Crippen LogP contribution in [0.25, 0.3) is 11.3 Å². The Morgan fingerprint density at radius 2 is 1.76 bits per heavy atom.